The van der Waals surface area contributed by atoms with Crippen molar-refractivity contribution in [3.63, 3.8) is 0 Å². The maximum absolute atomic E-state index is 11.3. The molecule has 0 saturated heterocycles. The van der Waals surface area contributed by atoms with Gasteiger partial charge in [-0.2, -0.15) is 0 Å². The molecular weight excluding hydrogens is 321 g/mol. The molecule has 0 spiro atoms. The summed E-state index contributed by atoms with van der Waals surface area (Å²) in [6.45, 7) is 0. The maximum Gasteiger partial charge on any atom is -0.369 e. The van der Waals surface area contributed by atoms with Gasteiger partial charge >= 0.3 is 36.7 Å². The van der Waals surface area contributed by atoms with Crippen LogP contribution < -0.4 is 34.8 Å². The molecule has 0 aromatic heterocycles. The van der Waals surface area contributed by atoms with Gasteiger partial charge in [0, 0.05) is 0 Å². The fourth-order valence-corrected chi connectivity index (χ4v) is 0. The molecule has 7 nitrogen and oxygen atoms in total. The average Bonchev–Trinajstić information content (AvgIpc) is 1.11. The molecule has 0 radical (unpaired) electrons. The molecule has 15 heavy (non-hydrogen) atoms. The minimum Gasteiger partial charge on any atom is -0.369 e. The van der Waals surface area contributed by atoms with Crippen molar-refractivity contribution in [2.75, 3.05) is 0 Å². The van der Waals surface area contributed by atoms with Gasteiger partial charge in [0.1, 0.15) is 0 Å². The van der Waals surface area contributed by atoms with E-state index in [1.165, 1.54) is 0 Å². The van der Waals surface area contributed by atoms with Crippen LogP contribution in [0.3, 0.4) is 0 Å². The van der Waals surface area contributed by atoms with Crippen LogP contribution in [0.15, 0.2) is 0 Å². The Kier molecular flexibility index (Phi) is 16.9. The fraction of sp³-hybridized carbons (Fsp3) is 0. The summed E-state index contributed by atoms with van der Waals surface area (Å²) < 4.78 is 59.6. The second-order valence-corrected chi connectivity index (χ2v) is 6.59. The van der Waals surface area contributed by atoms with Crippen molar-refractivity contribution in [2.45, 2.75) is 0 Å². The summed E-state index contributed by atoms with van der Waals surface area (Å²) >= 11 is -11.3. The summed E-state index contributed by atoms with van der Waals surface area (Å²) in [5.74, 6) is 0. The van der Waals surface area contributed by atoms with E-state index in [2.05, 4.69) is 0 Å². The van der Waals surface area contributed by atoms with Crippen molar-refractivity contribution >= 4 is 6.16 Å². The van der Waals surface area contributed by atoms with Gasteiger partial charge in [-0.3, -0.25) is 0 Å². The topological polar surface area (TPSA) is 209 Å². The number of hydrogen-bond acceptors (Lipinski definition) is 3. The van der Waals surface area contributed by atoms with Crippen LogP contribution in [0.5, 0.6) is 0 Å². The molecule has 0 heterocycles. The van der Waals surface area contributed by atoms with Crippen LogP contribution in [0.25, 0.3) is 0 Å². The summed E-state index contributed by atoms with van der Waals surface area (Å²) in [6, 6.07) is 0. The number of quaternary nitrogens is 4. The largest absolute Gasteiger partial charge is 0.369 e. The molecule has 0 aliphatic rings. The summed E-state index contributed by atoms with van der Waals surface area (Å²) in [5.41, 5.74) is 0. The molecule has 0 atom stereocenters. The zero-order valence-electron chi connectivity index (χ0n) is 8.49. The van der Waals surface area contributed by atoms with Gasteiger partial charge in [-0.05, 0) is 6.16 Å². The zero-order chi connectivity index (χ0) is 9.99. The van der Waals surface area contributed by atoms with Crippen LogP contribution in [0.1, 0.15) is 0 Å². The van der Waals surface area contributed by atoms with Crippen molar-refractivity contribution in [1.82, 2.24) is 24.6 Å². The monoisotopic (exact) mass is 336 g/mol. The Morgan fingerprint density at radius 3 is 0.733 bits per heavy atom. The van der Waals surface area contributed by atoms with Gasteiger partial charge in [0.25, 0.3) is 0 Å². The normalized spacial score (nSPS) is 12.4. The molecule has 0 aliphatic heterocycles. The van der Waals surface area contributed by atoms with E-state index in [0.29, 0.717) is 0 Å². The minimum atomic E-state index is -11.3. The van der Waals surface area contributed by atoms with Crippen LogP contribution in [0, 0.1) is 0 Å². The molecule has 0 fully saturated rings. The Morgan fingerprint density at radius 1 is 0.733 bits per heavy atom. The molecule has 0 aliphatic carbocycles. The van der Waals surface area contributed by atoms with Crippen molar-refractivity contribution in [3.05, 3.63) is 0 Å². The molecule has 0 aromatic carbocycles. The Labute approximate surface area is 82.9 Å². The van der Waals surface area contributed by atoms with Gasteiger partial charge in [0.05, 0.1) is 0 Å². The van der Waals surface area contributed by atoms with Gasteiger partial charge in [-0.15, -0.1) is 0 Å². The van der Waals surface area contributed by atoms with Crippen molar-refractivity contribution in [1.29, 1.82) is 0 Å². The third-order valence-electron chi connectivity index (χ3n) is 0. The molecule has 0 unspecified atom stereocenters. The molecule has 16 N–H and O–H groups in total. The van der Waals surface area contributed by atoms with Gasteiger partial charge in [0.15, 0.2) is 0 Å². The van der Waals surface area contributed by atoms with Gasteiger partial charge in [-0.1, -0.05) is 0 Å². The number of carbonyl (C=O) groups is 1. The van der Waals surface area contributed by atoms with E-state index in [-0.39, 0.29) is 24.6 Å². The van der Waals surface area contributed by atoms with E-state index in [4.69, 9.17) is 15.0 Å². The van der Waals surface area contributed by atoms with E-state index < -0.39 is 27.1 Å². The minimum absolute atomic E-state index is 0. The first kappa shape index (κ1) is 36.5. The first-order valence-electron chi connectivity index (χ1n) is 1.75. The molecule has 0 amide bonds. The smallest absolute Gasteiger partial charge is 0.369 e. The predicted octanol–water partition coefficient (Wildman–Crippen LogP) is 1.58. The number of halogens is 6. The second-order valence-electron chi connectivity index (χ2n) is 1.32. The molecular formula is CH16F6N4O3Zr. The Bertz CT molecular complexity index is 148. The molecule has 0 aromatic rings. The van der Waals surface area contributed by atoms with E-state index in [1.54, 1.807) is 0 Å². The Balaban J connectivity index is -0.0000000230. The number of hydrogen-bond donors (Lipinski definition) is 4. The van der Waals surface area contributed by atoms with E-state index in [1.807, 2.05) is 0 Å². The van der Waals surface area contributed by atoms with Gasteiger partial charge < -0.3 is 39.6 Å². The standard InChI is InChI=1S/CH2O3.6FH.4H3N.Zr/c2-1(3)4;;;;;;;;;;;/h(H2,2,3,4);6*1H;4*1H3;/q;;;;;;;;;;;+4/p-4. The quantitative estimate of drug-likeness (QED) is 0.485. The molecule has 0 rings (SSSR count). The first-order valence-corrected chi connectivity index (χ1v) is 7.32. The van der Waals surface area contributed by atoms with Gasteiger partial charge in [-0.25, -0.2) is 0 Å². The SMILES string of the molecule is O=C([O-])[O-].[F][Zr-2]([F])([F])([F])([F])[F].[NH4+].[NH4+].[NH4+].[NH4+]. The number of rotatable bonds is 0. The van der Waals surface area contributed by atoms with E-state index in [9.17, 15) is 15.8 Å². The van der Waals surface area contributed by atoms with Crippen LogP contribution in [0.2, 0.25) is 0 Å². The summed E-state index contributed by atoms with van der Waals surface area (Å²) in [6.07, 6.45) is -2.33. The Hall–Kier alpha value is -0.427. The van der Waals surface area contributed by atoms with Crippen molar-refractivity contribution in [2.24, 2.45) is 0 Å². The fourth-order valence-electron chi connectivity index (χ4n) is 0. The van der Waals surface area contributed by atoms with Crippen molar-refractivity contribution in [3.8, 4) is 0 Å². The molecule has 104 valence electrons. The third kappa shape index (κ3) is 9980. The third-order valence-corrected chi connectivity index (χ3v) is 0. The summed E-state index contributed by atoms with van der Waals surface area (Å²) in [7, 11) is 0. The van der Waals surface area contributed by atoms with E-state index in [0.717, 1.165) is 0 Å². The Morgan fingerprint density at radius 2 is 0.733 bits per heavy atom. The van der Waals surface area contributed by atoms with Crippen LogP contribution in [-0.4, -0.2) is 6.16 Å². The zero-order valence-corrected chi connectivity index (χ0v) is 11.0. The van der Waals surface area contributed by atoms with E-state index >= 15 is 0 Å². The van der Waals surface area contributed by atoms with Crippen LogP contribution >= 0.6 is 0 Å². The maximum atomic E-state index is 9.93. The number of carbonyl (C=O) groups excluding carboxylic acids is 1. The predicted molar refractivity (Wildman–Crippen MR) is 36.0 cm³/mol. The van der Waals surface area contributed by atoms with Crippen LogP contribution in [0.4, 0.5) is 20.6 Å². The van der Waals surface area contributed by atoms with Gasteiger partial charge in [0.2, 0.25) is 0 Å². The average molecular weight is 337 g/mol. The number of carboxylic acid groups (broad SMARTS) is 2. The molecule has 14 heteroatoms. The summed E-state index contributed by atoms with van der Waals surface area (Å²) in [5, 5.41) is 16.7. The first-order chi connectivity index (χ1) is 4.18. The van der Waals surface area contributed by atoms with Crippen LogP contribution in [-0.2, 0) is 21.0 Å². The molecule has 0 saturated carbocycles. The second kappa shape index (κ2) is 6.95. The summed E-state index contributed by atoms with van der Waals surface area (Å²) in [4.78, 5) is 8.33. The van der Waals surface area contributed by atoms with Crippen molar-refractivity contribution < 1.29 is 51.7 Å². The molecule has 0 bridgehead atoms.